The van der Waals surface area contributed by atoms with Gasteiger partial charge in [0.1, 0.15) is 5.76 Å². The Kier molecular flexibility index (Phi) is 5.19. The molecule has 2 aromatic heterocycles. The molecule has 0 bridgehead atoms. The van der Waals surface area contributed by atoms with Gasteiger partial charge >= 0.3 is 0 Å². The number of hydrogen-bond acceptors (Lipinski definition) is 3. The van der Waals surface area contributed by atoms with Gasteiger partial charge in [0.25, 0.3) is 0 Å². The normalized spacial score (nSPS) is 10.6. The molecule has 108 valence electrons. The minimum absolute atomic E-state index is 0.584. The van der Waals surface area contributed by atoms with Crippen LogP contribution in [0.5, 0.6) is 0 Å². The van der Waals surface area contributed by atoms with Gasteiger partial charge in [-0.05, 0) is 47.2 Å². The molecule has 0 aromatic carbocycles. The van der Waals surface area contributed by atoms with Crippen molar-refractivity contribution in [2.24, 2.45) is 0 Å². The van der Waals surface area contributed by atoms with Crippen molar-refractivity contribution in [3.63, 3.8) is 0 Å². The predicted molar refractivity (Wildman–Crippen MR) is 85.2 cm³/mol. The molecule has 0 aliphatic carbocycles. The second-order valence-corrected chi connectivity index (χ2v) is 5.61. The summed E-state index contributed by atoms with van der Waals surface area (Å²) in [5.41, 5.74) is 0.969. The molecule has 0 atom stereocenters. The number of rotatable bonds is 5. The highest BCUT2D eigenvalue weighted by Crippen LogP contribution is 2.16. The van der Waals surface area contributed by atoms with Crippen molar-refractivity contribution < 1.29 is 4.42 Å². The summed E-state index contributed by atoms with van der Waals surface area (Å²) in [6.45, 7) is 4.14. The van der Waals surface area contributed by atoms with Crippen LogP contribution in [0.25, 0.3) is 0 Å². The number of furan rings is 1. The molecule has 0 saturated carbocycles. The topological polar surface area (TPSA) is 46.2 Å². The van der Waals surface area contributed by atoms with Crippen molar-refractivity contribution in [2.45, 2.75) is 26.6 Å². The highest BCUT2D eigenvalue weighted by Gasteiger charge is 2.11. The van der Waals surface area contributed by atoms with E-state index in [1.165, 1.54) is 0 Å². The molecule has 1 N–H and O–H groups in total. The van der Waals surface area contributed by atoms with Crippen LogP contribution in [0.4, 0.5) is 0 Å². The lowest BCUT2D eigenvalue weighted by Crippen LogP contribution is -2.36. The van der Waals surface area contributed by atoms with Gasteiger partial charge in [0.2, 0.25) is 0 Å². The van der Waals surface area contributed by atoms with Gasteiger partial charge in [-0.1, -0.05) is 0 Å². The molecule has 5 nitrogen and oxygen atoms in total. The van der Waals surface area contributed by atoms with E-state index in [0.717, 1.165) is 22.5 Å². The van der Waals surface area contributed by atoms with Gasteiger partial charge in [0.15, 0.2) is 5.11 Å². The van der Waals surface area contributed by atoms with E-state index in [9.17, 15) is 0 Å². The van der Waals surface area contributed by atoms with Gasteiger partial charge in [-0.2, -0.15) is 5.10 Å². The van der Waals surface area contributed by atoms with Crippen molar-refractivity contribution in [2.75, 3.05) is 7.05 Å². The third-order valence-electron chi connectivity index (χ3n) is 2.84. The average molecular weight is 357 g/mol. The third kappa shape index (κ3) is 3.83. The molecule has 0 radical (unpaired) electrons. The first-order valence-electron chi connectivity index (χ1n) is 6.33. The van der Waals surface area contributed by atoms with Crippen molar-refractivity contribution in [1.29, 1.82) is 0 Å². The van der Waals surface area contributed by atoms with E-state index in [0.29, 0.717) is 18.2 Å². The Bertz CT molecular complexity index is 567. The summed E-state index contributed by atoms with van der Waals surface area (Å²) in [6.07, 6.45) is 3.63. The molecular formula is C13H17BrN4OS. The van der Waals surface area contributed by atoms with E-state index in [4.69, 9.17) is 16.6 Å². The molecule has 20 heavy (non-hydrogen) atoms. The molecule has 2 aromatic rings. The van der Waals surface area contributed by atoms with Crippen LogP contribution in [0.2, 0.25) is 0 Å². The first kappa shape index (κ1) is 15.1. The van der Waals surface area contributed by atoms with E-state index < -0.39 is 0 Å². The minimum Gasteiger partial charge on any atom is -0.467 e. The highest BCUT2D eigenvalue weighted by atomic mass is 79.9. The summed E-state index contributed by atoms with van der Waals surface area (Å²) in [5.74, 6) is 0.859. The minimum atomic E-state index is 0.584. The average Bonchev–Trinajstić information content (AvgIpc) is 3.06. The van der Waals surface area contributed by atoms with Gasteiger partial charge in [-0.3, -0.25) is 4.68 Å². The van der Waals surface area contributed by atoms with Gasteiger partial charge < -0.3 is 14.6 Å². The highest BCUT2D eigenvalue weighted by molar-refractivity contribution is 9.10. The van der Waals surface area contributed by atoms with Crippen LogP contribution in [0.15, 0.2) is 33.5 Å². The fourth-order valence-electron chi connectivity index (χ4n) is 1.71. The number of thiocarbonyl (C=S) groups is 1. The lowest BCUT2D eigenvalue weighted by molar-refractivity contribution is 0.460. The molecular weight excluding hydrogens is 340 g/mol. The summed E-state index contributed by atoms with van der Waals surface area (Å²) in [4.78, 5) is 1.95. The lowest BCUT2D eigenvalue weighted by Gasteiger charge is -2.19. The second kappa shape index (κ2) is 6.90. The molecule has 0 aliphatic heterocycles. The third-order valence-corrected chi connectivity index (χ3v) is 3.96. The number of aryl methyl sites for hydroxylation is 1. The molecule has 0 aliphatic rings. The standard InChI is InChI=1S/C13H17BrN4OS/c1-3-18-8-11(14)12(16-18)9-17(2)13(20)15-7-10-5-4-6-19-10/h4-6,8H,3,7,9H2,1-2H3,(H,15,20). The molecule has 0 spiro atoms. The Labute approximate surface area is 132 Å². The van der Waals surface area contributed by atoms with E-state index >= 15 is 0 Å². The zero-order chi connectivity index (χ0) is 14.5. The molecule has 7 heteroatoms. The summed E-state index contributed by atoms with van der Waals surface area (Å²) >= 11 is 8.87. The summed E-state index contributed by atoms with van der Waals surface area (Å²) < 4.78 is 8.15. The maximum atomic E-state index is 5.35. The first-order chi connectivity index (χ1) is 9.60. The smallest absolute Gasteiger partial charge is 0.169 e. The van der Waals surface area contributed by atoms with Crippen molar-refractivity contribution in [1.82, 2.24) is 20.0 Å². The lowest BCUT2D eigenvalue weighted by atomic mass is 10.4. The number of nitrogens with zero attached hydrogens (tertiary/aromatic N) is 3. The fraction of sp³-hybridized carbons (Fsp3) is 0.385. The van der Waals surface area contributed by atoms with Crippen LogP contribution in [-0.4, -0.2) is 26.8 Å². The summed E-state index contributed by atoms with van der Waals surface area (Å²) in [7, 11) is 1.94. The predicted octanol–water partition coefficient (Wildman–Crippen LogP) is 2.77. The number of aromatic nitrogens is 2. The Morgan fingerprint density at radius 1 is 1.60 bits per heavy atom. The quantitative estimate of drug-likeness (QED) is 0.834. The Balaban J connectivity index is 1.88. The molecule has 0 fully saturated rings. The fourth-order valence-corrected chi connectivity index (χ4v) is 2.29. The number of hydrogen-bond donors (Lipinski definition) is 1. The van der Waals surface area contributed by atoms with Gasteiger partial charge in [0, 0.05) is 19.8 Å². The maximum Gasteiger partial charge on any atom is 0.169 e. The number of halogens is 1. The zero-order valence-electron chi connectivity index (χ0n) is 11.5. The van der Waals surface area contributed by atoms with Gasteiger partial charge in [0.05, 0.1) is 29.5 Å². The Morgan fingerprint density at radius 3 is 3.00 bits per heavy atom. The van der Waals surface area contributed by atoms with Crippen LogP contribution >= 0.6 is 28.1 Å². The van der Waals surface area contributed by atoms with Gasteiger partial charge in [-0.25, -0.2) is 0 Å². The monoisotopic (exact) mass is 356 g/mol. The maximum absolute atomic E-state index is 5.35. The first-order valence-corrected chi connectivity index (χ1v) is 7.53. The van der Waals surface area contributed by atoms with E-state index in [-0.39, 0.29) is 0 Å². The van der Waals surface area contributed by atoms with Gasteiger partial charge in [-0.15, -0.1) is 0 Å². The number of nitrogens with one attached hydrogen (secondary N) is 1. The van der Waals surface area contributed by atoms with Crippen LogP contribution in [0.1, 0.15) is 18.4 Å². The van der Waals surface area contributed by atoms with Crippen LogP contribution < -0.4 is 5.32 Å². The molecule has 0 saturated heterocycles. The van der Waals surface area contributed by atoms with Crippen LogP contribution in [0.3, 0.4) is 0 Å². The van der Waals surface area contributed by atoms with Crippen molar-refractivity contribution in [3.8, 4) is 0 Å². The second-order valence-electron chi connectivity index (χ2n) is 4.37. The molecule has 0 unspecified atom stereocenters. The Morgan fingerprint density at radius 2 is 2.40 bits per heavy atom. The van der Waals surface area contributed by atoms with Crippen molar-refractivity contribution >= 4 is 33.3 Å². The van der Waals surface area contributed by atoms with E-state index in [1.807, 2.05) is 35.0 Å². The van der Waals surface area contributed by atoms with E-state index in [1.54, 1.807) is 6.26 Å². The van der Waals surface area contributed by atoms with Crippen LogP contribution in [0, 0.1) is 0 Å². The van der Waals surface area contributed by atoms with Crippen molar-refractivity contribution in [3.05, 3.63) is 40.5 Å². The summed E-state index contributed by atoms with van der Waals surface area (Å²) in [5, 5.41) is 8.31. The molecule has 2 rings (SSSR count). The molecule has 0 amide bonds. The molecule has 2 heterocycles. The van der Waals surface area contributed by atoms with Crippen LogP contribution in [-0.2, 0) is 19.6 Å². The zero-order valence-corrected chi connectivity index (χ0v) is 13.9. The van der Waals surface area contributed by atoms with E-state index in [2.05, 4.69) is 33.3 Å². The largest absolute Gasteiger partial charge is 0.467 e. The summed E-state index contributed by atoms with van der Waals surface area (Å²) in [6, 6.07) is 3.77. The SMILES string of the molecule is CCn1cc(Br)c(CN(C)C(=S)NCc2ccco2)n1. The Hall–Kier alpha value is -1.34.